The summed E-state index contributed by atoms with van der Waals surface area (Å²) >= 11 is 6.64. The van der Waals surface area contributed by atoms with E-state index in [1.165, 1.54) is 0 Å². The highest BCUT2D eigenvalue weighted by Gasteiger charge is 2.21. The van der Waals surface area contributed by atoms with Gasteiger partial charge in [-0.1, -0.05) is 62.1 Å². The van der Waals surface area contributed by atoms with Gasteiger partial charge < -0.3 is 10.0 Å². The van der Waals surface area contributed by atoms with Crippen molar-refractivity contribution in [3.8, 4) is 0 Å². The van der Waals surface area contributed by atoms with Crippen molar-refractivity contribution in [3.63, 3.8) is 0 Å². The highest BCUT2D eigenvalue weighted by Crippen LogP contribution is 2.22. The van der Waals surface area contributed by atoms with Crippen LogP contribution in [0.1, 0.15) is 36.2 Å². The molecule has 3 unspecified atom stereocenters. The van der Waals surface area contributed by atoms with Crippen LogP contribution in [0.4, 0.5) is 5.69 Å². The summed E-state index contributed by atoms with van der Waals surface area (Å²) in [7, 11) is -1.50. The Morgan fingerprint density at radius 1 is 1.44 bits per heavy atom. The van der Waals surface area contributed by atoms with Gasteiger partial charge in [0.25, 0.3) is 5.91 Å². The maximum Gasteiger partial charge on any atom is 0.253 e. The highest BCUT2D eigenvalue weighted by atomic mass is 35.5. The lowest BCUT2D eigenvalue weighted by Gasteiger charge is -2.19. The van der Waals surface area contributed by atoms with Gasteiger partial charge in [-0.05, 0) is 42.7 Å². The van der Waals surface area contributed by atoms with E-state index in [0.717, 1.165) is 35.4 Å². The van der Waals surface area contributed by atoms with Crippen LogP contribution in [-0.4, -0.2) is 33.0 Å². The van der Waals surface area contributed by atoms with Crippen molar-refractivity contribution in [2.75, 3.05) is 10.6 Å². The first-order valence-electron chi connectivity index (χ1n) is 10.9. The molecule has 1 aliphatic carbocycles. The first-order chi connectivity index (χ1) is 16.4. The van der Waals surface area contributed by atoms with E-state index in [-0.39, 0.29) is 17.2 Å². The Labute approximate surface area is 214 Å². The van der Waals surface area contributed by atoms with Gasteiger partial charge in [0.1, 0.15) is 11.0 Å². The summed E-state index contributed by atoms with van der Waals surface area (Å²) in [4.78, 5) is 13.2. The fourth-order valence-electron chi connectivity index (χ4n) is 3.28. The number of nitrogens with zero attached hydrogens (tertiary/aromatic N) is 1. The van der Waals surface area contributed by atoms with E-state index < -0.39 is 11.0 Å². The van der Waals surface area contributed by atoms with E-state index in [0.29, 0.717) is 23.6 Å². The molecule has 2 rings (SSSR count). The van der Waals surface area contributed by atoms with Crippen LogP contribution >= 0.6 is 23.7 Å². The minimum atomic E-state index is -1.50. The Morgan fingerprint density at radius 2 is 2.24 bits per heavy atom. The van der Waals surface area contributed by atoms with E-state index in [2.05, 4.69) is 21.0 Å². The molecule has 1 aromatic rings. The number of rotatable bonds is 11. The number of alkyl halides is 1. The van der Waals surface area contributed by atoms with Gasteiger partial charge in [-0.3, -0.25) is 9.93 Å². The number of amides is 1. The topological polar surface area (TPSA) is 96.6 Å². The zero-order chi connectivity index (χ0) is 24.9. The molecule has 1 aromatic carbocycles. The smallest absolute Gasteiger partial charge is 0.253 e. The number of carbonyl (C=O) groups is 1. The fourth-order valence-corrected chi connectivity index (χ4v) is 4.73. The average Bonchev–Trinajstić information content (AvgIpc) is 3.07. The van der Waals surface area contributed by atoms with Crippen molar-refractivity contribution < 1.29 is 9.00 Å². The minimum Gasteiger partial charge on any atom is -0.345 e. The molecule has 0 aliphatic heterocycles. The molecule has 0 saturated heterocycles. The molecule has 4 N–H and O–H groups in total. The second-order valence-electron chi connectivity index (χ2n) is 7.46. The second-order valence-corrected chi connectivity index (χ2v) is 9.57. The number of halogens is 1. The SMILES string of the molecule is C=C/C=C(\C=C/CCl)C(C)NC(=O)c1ccc(CC)cc1NS(=O)C1C=CC=C/C(=N/SN)C1. The van der Waals surface area contributed by atoms with Crippen molar-refractivity contribution in [3.05, 3.63) is 90.1 Å². The number of benzene rings is 1. The maximum absolute atomic E-state index is 13.2. The molecule has 34 heavy (non-hydrogen) atoms. The third-order valence-electron chi connectivity index (χ3n) is 5.09. The standard InChI is InChI=1S/C25H31ClN4O2S2/c1-4-9-20(10-8-15-26)18(3)28-25(31)23-14-13-19(5-2)16-24(23)30-34(32)22-12-7-6-11-21(17-22)29-33-27/h4,6-14,16,18,22,30H,1,5,15,17,27H2,2-3H3,(H,28,31)/b10-8-,20-9+,29-21-. The number of aryl methyl sites for hydroxylation is 1. The van der Waals surface area contributed by atoms with Gasteiger partial charge in [-0.15, -0.1) is 11.6 Å². The normalized spacial score (nSPS) is 19.1. The lowest BCUT2D eigenvalue weighted by atomic mass is 10.0. The van der Waals surface area contributed by atoms with E-state index in [1.54, 1.807) is 12.1 Å². The molecule has 0 heterocycles. The highest BCUT2D eigenvalue weighted by molar-refractivity contribution is 7.95. The predicted octanol–water partition coefficient (Wildman–Crippen LogP) is 5.20. The third-order valence-corrected chi connectivity index (χ3v) is 6.90. The van der Waals surface area contributed by atoms with Gasteiger partial charge in [-0.25, -0.2) is 8.61 Å². The zero-order valence-corrected chi connectivity index (χ0v) is 21.8. The largest absolute Gasteiger partial charge is 0.345 e. The van der Waals surface area contributed by atoms with Crippen molar-refractivity contribution in [2.24, 2.45) is 9.54 Å². The summed E-state index contributed by atoms with van der Waals surface area (Å²) in [6.45, 7) is 7.65. The van der Waals surface area contributed by atoms with Crippen LogP contribution in [0, 0.1) is 0 Å². The van der Waals surface area contributed by atoms with Crippen LogP contribution in [0.2, 0.25) is 0 Å². The fraction of sp³-hybridized carbons (Fsp3) is 0.280. The van der Waals surface area contributed by atoms with Crippen LogP contribution in [0.5, 0.6) is 0 Å². The molecule has 3 atom stereocenters. The molecule has 0 spiro atoms. The molecule has 1 amide bonds. The van der Waals surface area contributed by atoms with Crippen molar-refractivity contribution in [1.29, 1.82) is 0 Å². The third kappa shape index (κ3) is 8.43. The van der Waals surface area contributed by atoms with Gasteiger partial charge >= 0.3 is 0 Å². The van der Waals surface area contributed by atoms with Crippen molar-refractivity contribution >= 4 is 52.0 Å². The summed E-state index contributed by atoms with van der Waals surface area (Å²) in [5, 5.41) is 8.14. The van der Waals surface area contributed by atoms with Crippen molar-refractivity contribution in [2.45, 2.75) is 38.0 Å². The van der Waals surface area contributed by atoms with Crippen LogP contribution < -0.4 is 15.2 Å². The van der Waals surface area contributed by atoms with Crippen LogP contribution in [0.15, 0.2) is 83.4 Å². The molecule has 1 aliphatic rings. The Kier molecular flexibility index (Phi) is 12.1. The Balaban J connectivity index is 2.27. The molecule has 182 valence electrons. The number of carbonyl (C=O) groups excluding carboxylic acids is 1. The Hall–Kier alpha value is -2.39. The predicted molar refractivity (Wildman–Crippen MR) is 149 cm³/mol. The summed E-state index contributed by atoms with van der Waals surface area (Å²) in [5.41, 5.74) is 3.58. The number of anilines is 1. The maximum atomic E-state index is 13.2. The van der Waals surface area contributed by atoms with Crippen molar-refractivity contribution in [1.82, 2.24) is 5.32 Å². The van der Waals surface area contributed by atoms with Crippen LogP contribution in [0.3, 0.4) is 0 Å². The monoisotopic (exact) mass is 518 g/mol. The van der Waals surface area contributed by atoms with E-state index in [1.807, 2.05) is 68.5 Å². The number of hydrogen-bond donors (Lipinski definition) is 3. The van der Waals surface area contributed by atoms with E-state index in [9.17, 15) is 9.00 Å². The zero-order valence-electron chi connectivity index (χ0n) is 19.4. The summed E-state index contributed by atoms with van der Waals surface area (Å²) in [6.07, 6.45) is 15.8. The first kappa shape index (κ1) is 27.9. The lowest BCUT2D eigenvalue weighted by Crippen LogP contribution is -2.34. The Bertz CT molecular complexity index is 1050. The van der Waals surface area contributed by atoms with Crippen LogP contribution in [0.25, 0.3) is 0 Å². The van der Waals surface area contributed by atoms with Gasteiger partial charge in [0.2, 0.25) is 0 Å². The Morgan fingerprint density at radius 3 is 2.91 bits per heavy atom. The molecule has 0 aromatic heterocycles. The first-order valence-corrected chi connectivity index (χ1v) is 13.5. The molecule has 0 bridgehead atoms. The van der Waals surface area contributed by atoms with E-state index in [4.69, 9.17) is 16.7 Å². The molecule has 0 saturated carbocycles. The molecule has 6 nitrogen and oxygen atoms in total. The average molecular weight is 519 g/mol. The lowest BCUT2D eigenvalue weighted by molar-refractivity contribution is 0.0946. The second kappa shape index (κ2) is 14.8. The minimum absolute atomic E-state index is 0.274. The number of nitrogens with one attached hydrogen (secondary N) is 2. The molecule has 0 radical (unpaired) electrons. The number of hydrogen-bond acceptors (Lipinski definition) is 5. The van der Waals surface area contributed by atoms with Gasteiger partial charge in [0.05, 0.1) is 40.4 Å². The quantitative estimate of drug-likeness (QED) is 0.213. The van der Waals surface area contributed by atoms with Crippen LogP contribution in [-0.2, 0) is 17.4 Å². The molecule has 9 heteroatoms. The number of allylic oxidation sites excluding steroid dienone is 6. The summed E-state index contributed by atoms with van der Waals surface area (Å²) < 4.78 is 20.5. The summed E-state index contributed by atoms with van der Waals surface area (Å²) in [6, 6.07) is 5.25. The van der Waals surface area contributed by atoms with Gasteiger partial charge in [0, 0.05) is 12.3 Å². The molecule has 0 fully saturated rings. The number of nitrogens with two attached hydrogens (primary N) is 1. The van der Waals surface area contributed by atoms with Gasteiger partial charge in [-0.2, -0.15) is 0 Å². The molecular formula is C25H31ClN4O2S2. The van der Waals surface area contributed by atoms with E-state index >= 15 is 0 Å². The van der Waals surface area contributed by atoms with Gasteiger partial charge in [0.15, 0.2) is 0 Å². The molecular weight excluding hydrogens is 488 g/mol. The summed E-state index contributed by atoms with van der Waals surface area (Å²) in [5.74, 6) is 0.0958.